The fraction of sp³-hybridized carbons (Fsp3) is 0.231. The van der Waals surface area contributed by atoms with Crippen molar-refractivity contribution in [2.75, 3.05) is 12.4 Å². The highest BCUT2D eigenvalue weighted by atomic mass is 32.1. The molecule has 19 heavy (non-hydrogen) atoms. The monoisotopic (exact) mass is 277 g/mol. The minimum atomic E-state index is -0.264. The summed E-state index contributed by atoms with van der Waals surface area (Å²) in [5, 5.41) is 5.23. The number of nitrogens with one attached hydrogen (secondary N) is 1. The van der Waals surface area contributed by atoms with Crippen LogP contribution in [0.4, 0.5) is 5.69 Å². The van der Waals surface area contributed by atoms with Crippen LogP contribution in [0.2, 0.25) is 0 Å². The Morgan fingerprint density at radius 3 is 2.95 bits per heavy atom. The number of amides is 1. The number of rotatable bonds is 4. The third-order valence-electron chi connectivity index (χ3n) is 2.56. The molecule has 2 rings (SSSR count). The Hall–Kier alpha value is -1.92. The van der Waals surface area contributed by atoms with Gasteiger partial charge in [-0.1, -0.05) is 6.07 Å². The Morgan fingerprint density at radius 2 is 2.32 bits per heavy atom. The molecule has 1 amide bonds. The Bertz CT molecular complexity index is 595. The molecule has 1 aromatic carbocycles. The number of aryl methyl sites for hydroxylation is 1. The Labute approximate surface area is 115 Å². The van der Waals surface area contributed by atoms with Gasteiger partial charge in [0.25, 0.3) is 5.91 Å². The first-order chi connectivity index (χ1) is 9.13. The number of nitrogens with two attached hydrogens (primary N) is 1. The smallest absolute Gasteiger partial charge is 0.275 e. The minimum absolute atomic E-state index is 0.264. The van der Waals surface area contributed by atoms with Crippen molar-refractivity contribution in [3.05, 3.63) is 39.8 Å². The summed E-state index contributed by atoms with van der Waals surface area (Å²) in [6, 6.07) is 5.59. The number of nitrogens with zero attached hydrogens (tertiary/aromatic N) is 1. The zero-order valence-corrected chi connectivity index (χ0v) is 11.6. The predicted octanol–water partition coefficient (Wildman–Crippen LogP) is 2.17. The highest BCUT2D eigenvalue weighted by Gasteiger charge is 2.13. The van der Waals surface area contributed by atoms with E-state index in [1.54, 1.807) is 12.5 Å². The molecule has 1 heterocycles. The van der Waals surface area contributed by atoms with Gasteiger partial charge in [-0.05, 0) is 24.6 Å². The van der Waals surface area contributed by atoms with Gasteiger partial charge >= 0.3 is 0 Å². The van der Waals surface area contributed by atoms with E-state index in [0.29, 0.717) is 23.7 Å². The van der Waals surface area contributed by atoms with Crippen molar-refractivity contribution in [2.45, 2.75) is 13.5 Å². The maximum absolute atomic E-state index is 12.1. The van der Waals surface area contributed by atoms with Crippen molar-refractivity contribution in [3.8, 4) is 5.75 Å². The van der Waals surface area contributed by atoms with Gasteiger partial charge in [0.1, 0.15) is 16.5 Å². The van der Waals surface area contributed by atoms with Gasteiger partial charge in [-0.25, -0.2) is 4.98 Å². The molecule has 1 aromatic heterocycles. The summed E-state index contributed by atoms with van der Waals surface area (Å²) in [6.07, 6.45) is 0. The normalized spacial score (nSPS) is 10.3. The number of carbonyl (C=O) groups is 1. The van der Waals surface area contributed by atoms with E-state index >= 15 is 0 Å². The minimum Gasteiger partial charge on any atom is -0.495 e. The highest BCUT2D eigenvalue weighted by molar-refractivity contribution is 7.09. The fourth-order valence-electron chi connectivity index (χ4n) is 1.61. The number of hydrogen-bond acceptors (Lipinski definition) is 5. The van der Waals surface area contributed by atoms with Crippen LogP contribution in [0, 0.1) is 6.92 Å². The van der Waals surface area contributed by atoms with E-state index in [0.717, 1.165) is 10.6 Å². The number of thiazole rings is 1. The van der Waals surface area contributed by atoms with Crippen LogP contribution in [0.15, 0.2) is 23.6 Å². The van der Waals surface area contributed by atoms with Crippen LogP contribution in [0.5, 0.6) is 5.75 Å². The highest BCUT2D eigenvalue weighted by Crippen LogP contribution is 2.25. The number of aromatic nitrogens is 1. The topological polar surface area (TPSA) is 77.2 Å². The van der Waals surface area contributed by atoms with Gasteiger partial charge in [-0.15, -0.1) is 11.3 Å². The standard InChI is InChI=1S/C13H15N3O2S/c1-8-3-4-11(18-2)9(5-8)16-13(17)10-7-19-12(6-14)15-10/h3-5,7H,6,14H2,1-2H3,(H,16,17). The number of anilines is 1. The molecule has 6 heteroatoms. The zero-order valence-electron chi connectivity index (χ0n) is 10.8. The Kier molecular flexibility index (Phi) is 4.13. The molecule has 0 aliphatic carbocycles. The van der Waals surface area contributed by atoms with E-state index in [1.807, 2.05) is 25.1 Å². The first-order valence-electron chi connectivity index (χ1n) is 5.74. The number of methoxy groups -OCH3 is 1. The second-order valence-electron chi connectivity index (χ2n) is 3.99. The van der Waals surface area contributed by atoms with Gasteiger partial charge in [-0.2, -0.15) is 0 Å². The average Bonchev–Trinajstić information content (AvgIpc) is 2.88. The van der Waals surface area contributed by atoms with Crippen molar-refractivity contribution < 1.29 is 9.53 Å². The van der Waals surface area contributed by atoms with E-state index in [1.165, 1.54) is 11.3 Å². The summed E-state index contributed by atoms with van der Waals surface area (Å²) in [5.74, 6) is 0.355. The van der Waals surface area contributed by atoms with Crippen LogP contribution in [0.3, 0.4) is 0 Å². The van der Waals surface area contributed by atoms with Crippen LogP contribution in [0.25, 0.3) is 0 Å². The lowest BCUT2D eigenvalue weighted by Crippen LogP contribution is -2.13. The van der Waals surface area contributed by atoms with Gasteiger partial charge in [0.15, 0.2) is 0 Å². The fourth-order valence-corrected chi connectivity index (χ4v) is 2.27. The van der Waals surface area contributed by atoms with Gasteiger partial charge < -0.3 is 15.8 Å². The van der Waals surface area contributed by atoms with Crippen molar-refractivity contribution in [1.29, 1.82) is 0 Å². The molecule has 0 saturated heterocycles. The van der Waals surface area contributed by atoms with Crippen molar-refractivity contribution in [2.24, 2.45) is 5.73 Å². The van der Waals surface area contributed by atoms with E-state index < -0.39 is 0 Å². The number of carbonyl (C=O) groups excluding carboxylic acids is 1. The third-order valence-corrected chi connectivity index (χ3v) is 3.43. The number of hydrogen-bond donors (Lipinski definition) is 2. The van der Waals surface area contributed by atoms with Crippen LogP contribution >= 0.6 is 11.3 Å². The summed E-state index contributed by atoms with van der Waals surface area (Å²) in [7, 11) is 1.57. The van der Waals surface area contributed by atoms with Crippen molar-refractivity contribution >= 4 is 22.9 Å². The molecule has 0 spiro atoms. The molecule has 0 aliphatic rings. The summed E-state index contributed by atoms with van der Waals surface area (Å²) < 4.78 is 5.21. The van der Waals surface area contributed by atoms with E-state index in [-0.39, 0.29) is 5.91 Å². The summed E-state index contributed by atoms with van der Waals surface area (Å²) in [6.45, 7) is 2.29. The molecular formula is C13H15N3O2S. The van der Waals surface area contributed by atoms with E-state index in [2.05, 4.69) is 10.3 Å². The zero-order chi connectivity index (χ0) is 13.8. The lowest BCUT2D eigenvalue weighted by atomic mass is 10.2. The lowest BCUT2D eigenvalue weighted by molar-refractivity contribution is 0.102. The first kappa shape index (κ1) is 13.5. The summed E-state index contributed by atoms with van der Waals surface area (Å²) >= 11 is 1.37. The van der Waals surface area contributed by atoms with Gasteiger partial charge in [0.2, 0.25) is 0 Å². The summed E-state index contributed by atoms with van der Waals surface area (Å²) in [4.78, 5) is 16.2. The molecule has 100 valence electrons. The third kappa shape index (κ3) is 3.10. The Morgan fingerprint density at radius 1 is 1.53 bits per heavy atom. The lowest BCUT2D eigenvalue weighted by Gasteiger charge is -2.10. The van der Waals surface area contributed by atoms with Crippen LogP contribution in [-0.4, -0.2) is 18.0 Å². The maximum Gasteiger partial charge on any atom is 0.275 e. The SMILES string of the molecule is COc1ccc(C)cc1NC(=O)c1csc(CN)n1. The van der Waals surface area contributed by atoms with Crippen LogP contribution < -0.4 is 15.8 Å². The van der Waals surface area contributed by atoms with Gasteiger partial charge in [-0.3, -0.25) is 4.79 Å². The predicted molar refractivity (Wildman–Crippen MR) is 75.7 cm³/mol. The molecule has 0 bridgehead atoms. The van der Waals surface area contributed by atoms with Crippen LogP contribution in [0.1, 0.15) is 21.1 Å². The van der Waals surface area contributed by atoms with Gasteiger partial charge in [0.05, 0.1) is 12.8 Å². The molecule has 0 saturated carbocycles. The molecule has 0 radical (unpaired) electrons. The second kappa shape index (κ2) is 5.81. The average molecular weight is 277 g/mol. The largest absolute Gasteiger partial charge is 0.495 e. The van der Waals surface area contributed by atoms with E-state index in [9.17, 15) is 4.79 Å². The molecule has 0 fully saturated rings. The van der Waals surface area contributed by atoms with E-state index in [4.69, 9.17) is 10.5 Å². The molecule has 5 nitrogen and oxygen atoms in total. The first-order valence-corrected chi connectivity index (χ1v) is 6.62. The molecule has 3 N–H and O–H groups in total. The van der Waals surface area contributed by atoms with Crippen LogP contribution in [-0.2, 0) is 6.54 Å². The molecule has 2 aromatic rings. The van der Waals surface area contributed by atoms with Crippen molar-refractivity contribution in [1.82, 2.24) is 4.98 Å². The Balaban J connectivity index is 2.20. The summed E-state index contributed by atoms with van der Waals surface area (Å²) in [5.41, 5.74) is 7.52. The van der Waals surface area contributed by atoms with Gasteiger partial charge in [0, 0.05) is 11.9 Å². The number of ether oxygens (including phenoxy) is 1. The molecular weight excluding hydrogens is 262 g/mol. The van der Waals surface area contributed by atoms with Crippen molar-refractivity contribution in [3.63, 3.8) is 0 Å². The molecule has 0 atom stereocenters. The quantitative estimate of drug-likeness (QED) is 0.898. The second-order valence-corrected chi connectivity index (χ2v) is 4.93. The number of benzene rings is 1. The molecule has 0 aliphatic heterocycles. The maximum atomic E-state index is 12.1. The molecule has 0 unspecified atom stereocenters.